The minimum Gasteiger partial charge on any atom is -0.479 e. The summed E-state index contributed by atoms with van der Waals surface area (Å²) in [4.78, 5) is 10.7. The van der Waals surface area contributed by atoms with Crippen molar-refractivity contribution in [2.45, 2.75) is 37.9 Å². The number of carbonyl (C=O) groups is 1. The van der Waals surface area contributed by atoms with E-state index in [9.17, 15) is 4.79 Å². The van der Waals surface area contributed by atoms with Crippen LogP contribution in [0.1, 0.15) is 25.7 Å². The fourth-order valence-electron chi connectivity index (χ4n) is 2.42. The lowest BCUT2D eigenvalue weighted by Gasteiger charge is -2.23. The zero-order valence-corrected chi connectivity index (χ0v) is 10.1. The molecule has 0 amide bonds. The van der Waals surface area contributed by atoms with Gasteiger partial charge in [-0.2, -0.15) is 0 Å². The lowest BCUT2D eigenvalue weighted by Crippen LogP contribution is -2.31. The number of hydrogen-bond donors (Lipinski definition) is 2. The molecule has 2 saturated heterocycles. The summed E-state index contributed by atoms with van der Waals surface area (Å²) in [6, 6.07) is 0. The molecule has 2 N–H and O–H groups in total. The van der Waals surface area contributed by atoms with Crippen LogP contribution in [-0.2, 0) is 14.3 Å². The van der Waals surface area contributed by atoms with Crippen molar-refractivity contribution in [1.82, 2.24) is 5.32 Å². The molecule has 5 nitrogen and oxygen atoms in total. The van der Waals surface area contributed by atoms with Gasteiger partial charge in [-0.15, -0.1) is 0 Å². The third-order valence-corrected chi connectivity index (χ3v) is 3.50. The fourth-order valence-corrected chi connectivity index (χ4v) is 2.42. The van der Waals surface area contributed by atoms with E-state index in [2.05, 4.69) is 5.32 Å². The molecule has 0 aliphatic carbocycles. The van der Waals surface area contributed by atoms with Crippen molar-refractivity contribution >= 4 is 5.97 Å². The van der Waals surface area contributed by atoms with E-state index in [0.29, 0.717) is 18.9 Å². The maximum atomic E-state index is 10.7. The third-order valence-electron chi connectivity index (χ3n) is 3.50. The van der Waals surface area contributed by atoms with Crippen molar-refractivity contribution in [2.24, 2.45) is 5.92 Å². The molecule has 2 aliphatic rings. The lowest BCUT2D eigenvalue weighted by atomic mass is 9.99. The summed E-state index contributed by atoms with van der Waals surface area (Å²) in [5.41, 5.74) is 0. The van der Waals surface area contributed by atoms with Gasteiger partial charge in [0.25, 0.3) is 0 Å². The molecule has 2 atom stereocenters. The van der Waals surface area contributed by atoms with Gasteiger partial charge in [0.1, 0.15) is 0 Å². The number of aliphatic carboxylic acids is 1. The number of piperidine rings is 1. The highest BCUT2D eigenvalue weighted by Gasteiger charge is 2.30. The lowest BCUT2D eigenvalue weighted by molar-refractivity contribution is -0.150. The van der Waals surface area contributed by atoms with E-state index in [0.717, 1.165) is 26.1 Å². The van der Waals surface area contributed by atoms with Crippen molar-refractivity contribution in [3.05, 3.63) is 0 Å². The van der Waals surface area contributed by atoms with Crippen LogP contribution < -0.4 is 5.32 Å². The van der Waals surface area contributed by atoms with Gasteiger partial charge in [0.2, 0.25) is 0 Å². The first-order valence-electron chi connectivity index (χ1n) is 6.42. The van der Waals surface area contributed by atoms with E-state index in [4.69, 9.17) is 14.6 Å². The molecular weight excluding hydrogens is 222 g/mol. The molecule has 5 heteroatoms. The Hall–Kier alpha value is -0.650. The summed E-state index contributed by atoms with van der Waals surface area (Å²) < 4.78 is 11.0. The van der Waals surface area contributed by atoms with Crippen LogP contribution in [0.2, 0.25) is 0 Å². The largest absolute Gasteiger partial charge is 0.479 e. The SMILES string of the molecule is O=C(O)C1CCC(COCC2CCNCC2)O1. The Morgan fingerprint density at radius 3 is 2.65 bits per heavy atom. The van der Waals surface area contributed by atoms with Crippen LogP contribution in [0.25, 0.3) is 0 Å². The van der Waals surface area contributed by atoms with Gasteiger partial charge < -0.3 is 19.9 Å². The van der Waals surface area contributed by atoms with E-state index in [1.165, 1.54) is 12.8 Å². The number of carboxylic acids is 1. The molecule has 17 heavy (non-hydrogen) atoms. The molecule has 98 valence electrons. The molecule has 0 saturated carbocycles. The van der Waals surface area contributed by atoms with Crippen LogP contribution >= 0.6 is 0 Å². The van der Waals surface area contributed by atoms with Crippen LogP contribution in [0.4, 0.5) is 0 Å². The molecule has 0 spiro atoms. The molecule has 0 aromatic rings. The maximum absolute atomic E-state index is 10.7. The first-order valence-corrected chi connectivity index (χ1v) is 6.42. The summed E-state index contributed by atoms with van der Waals surface area (Å²) in [6.45, 7) is 3.47. The maximum Gasteiger partial charge on any atom is 0.332 e. The fraction of sp³-hybridized carbons (Fsp3) is 0.917. The van der Waals surface area contributed by atoms with Gasteiger partial charge in [0, 0.05) is 6.61 Å². The number of hydrogen-bond acceptors (Lipinski definition) is 4. The Balaban J connectivity index is 1.58. The average Bonchev–Trinajstić information content (AvgIpc) is 2.79. The Morgan fingerprint density at radius 2 is 2.00 bits per heavy atom. The zero-order valence-electron chi connectivity index (χ0n) is 10.1. The molecular formula is C12H21NO4. The van der Waals surface area contributed by atoms with Crippen molar-refractivity contribution < 1.29 is 19.4 Å². The van der Waals surface area contributed by atoms with Crippen LogP contribution in [0.5, 0.6) is 0 Å². The van der Waals surface area contributed by atoms with E-state index < -0.39 is 12.1 Å². The second-order valence-corrected chi connectivity index (χ2v) is 4.89. The Bertz CT molecular complexity index is 253. The van der Waals surface area contributed by atoms with E-state index in [1.54, 1.807) is 0 Å². The van der Waals surface area contributed by atoms with Gasteiger partial charge in [-0.05, 0) is 44.7 Å². The van der Waals surface area contributed by atoms with E-state index >= 15 is 0 Å². The summed E-state index contributed by atoms with van der Waals surface area (Å²) in [5, 5.41) is 12.1. The van der Waals surface area contributed by atoms with Gasteiger partial charge in [0.15, 0.2) is 6.10 Å². The standard InChI is InChI=1S/C12H21NO4/c14-12(15)11-2-1-10(17-11)8-16-7-9-3-5-13-6-4-9/h9-11,13H,1-8H2,(H,14,15). The Morgan fingerprint density at radius 1 is 1.24 bits per heavy atom. The number of ether oxygens (including phenoxy) is 2. The highest BCUT2D eigenvalue weighted by atomic mass is 16.6. The van der Waals surface area contributed by atoms with Gasteiger partial charge in [-0.1, -0.05) is 0 Å². The summed E-state index contributed by atoms with van der Waals surface area (Å²) in [5.74, 6) is -0.209. The summed E-state index contributed by atoms with van der Waals surface area (Å²) in [7, 11) is 0. The topological polar surface area (TPSA) is 67.8 Å². The van der Waals surface area contributed by atoms with Crippen molar-refractivity contribution in [3.8, 4) is 0 Å². The minimum absolute atomic E-state index is 0.0298. The number of rotatable bonds is 5. The van der Waals surface area contributed by atoms with Crippen molar-refractivity contribution in [2.75, 3.05) is 26.3 Å². The van der Waals surface area contributed by atoms with Gasteiger partial charge in [-0.25, -0.2) is 4.79 Å². The molecule has 2 fully saturated rings. The second kappa shape index (κ2) is 6.33. The zero-order chi connectivity index (χ0) is 12.1. The Kier molecular flexibility index (Phi) is 4.76. The summed E-state index contributed by atoms with van der Waals surface area (Å²) in [6.07, 6.45) is 3.09. The predicted molar refractivity (Wildman–Crippen MR) is 61.9 cm³/mol. The first-order chi connectivity index (χ1) is 8.25. The van der Waals surface area contributed by atoms with Crippen LogP contribution in [-0.4, -0.2) is 49.6 Å². The van der Waals surface area contributed by atoms with Crippen LogP contribution in [0, 0.1) is 5.92 Å². The van der Waals surface area contributed by atoms with Gasteiger partial charge >= 0.3 is 5.97 Å². The molecule has 0 radical (unpaired) electrons. The van der Waals surface area contributed by atoms with Crippen molar-refractivity contribution in [3.63, 3.8) is 0 Å². The van der Waals surface area contributed by atoms with Crippen LogP contribution in [0.3, 0.4) is 0 Å². The molecule has 0 aromatic carbocycles. The van der Waals surface area contributed by atoms with E-state index in [-0.39, 0.29) is 6.10 Å². The van der Waals surface area contributed by atoms with E-state index in [1.807, 2.05) is 0 Å². The predicted octanol–water partition coefficient (Wildman–Crippen LogP) is 0.635. The molecule has 0 bridgehead atoms. The average molecular weight is 243 g/mol. The molecule has 2 heterocycles. The quantitative estimate of drug-likeness (QED) is 0.741. The van der Waals surface area contributed by atoms with Crippen molar-refractivity contribution in [1.29, 1.82) is 0 Å². The molecule has 0 aromatic heterocycles. The molecule has 2 rings (SSSR count). The van der Waals surface area contributed by atoms with Gasteiger partial charge in [0.05, 0.1) is 12.7 Å². The van der Waals surface area contributed by atoms with Crippen LogP contribution in [0.15, 0.2) is 0 Å². The molecule has 2 unspecified atom stereocenters. The molecule has 2 aliphatic heterocycles. The first kappa shape index (κ1) is 12.8. The number of nitrogens with one attached hydrogen (secondary N) is 1. The third kappa shape index (κ3) is 3.94. The highest BCUT2D eigenvalue weighted by Crippen LogP contribution is 2.20. The smallest absolute Gasteiger partial charge is 0.332 e. The monoisotopic (exact) mass is 243 g/mol. The van der Waals surface area contributed by atoms with Gasteiger partial charge in [-0.3, -0.25) is 0 Å². The number of carboxylic acid groups (broad SMARTS) is 1. The minimum atomic E-state index is -0.856. The second-order valence-electron chi connectivity index (χ2n) is 4.89. The highest BCUT2D eigenvalue weighted by molar-refractivity contribution is 5.72. The summed E-state index contributed by atoms with van der Waals surface area (Å²) >= 11 is 0. The normalized spacial score (nSPS) is 30.6. The Labute approximate surface area is 101 Å².